The van der Waals surface area contributed by atoms with Crippen molar-refractivity contribution < 1.29 is 9.18 Å². The van der Waals surface area contributed by atoms with Crippen LogP contribution in [-0.4, -0.2) is 16.4 Å². The van der Waals surface area contributed by atoms with Crippen molar-refractivity contribution in [1.29, 1.82) is 0 Å². The molecule has 0 aliphatic carbocycles. The fraction of sp³-hybridized carbons (Fsp3) is 0.238. The number of nitrogens with one attached hydrogen (secondary N) is 1. The van der Waals surface area contributed by atoms with Gasteiger partial charge in [0.05, 0.1) is 15.8 Å². The second-order valence-electron chi connectivity index (χ2n) is 6.98. The van der Waals surface area contributed by atoms with E-state index in [4.69, 9.17) is 0 Å². The van der Waals surface area contributed by atoms with Crippen LogP contribution in [0.15, 0.2) is 60.1 Å². The van der Waals surface area contributed by atoms with Crippen molar-refractivity contribution >= 4 is 27.5 Å². The minimum absolute atomic E-state index is 0.168. The summed E-state index contributed by atoms with van der Waals surface area (Å²) in [5.74, 6) is -0.437. The van der Waals surface area contributed by atoms with Crippen LogP contribution in [-0.2, 0) is 6.42 Å². The molecule has 1 aromatic carbocycles. The molecule has 0 aliphatic rings. The van der Waals surface area contributed by atoms with Crippen molar-refractivity contribution in [2.45, 2.75) is 32.2 Å². The summed E-state index contributed by atoms with van der Waals surface area (Å²) in [5.41, 5.74) is 2.84. The van der Waals surface area contributed by atoms with E-state index in [0.29, 0.717) is 18.4 Å². The maximum absolute atomic E-state index is 13.2. The molecule has 1 N–H and O–H groups in total. The van der Waals surface area contributed by atoms with Crippen molar-refractivity contribution in [2.75, 3.05) is 0 Å². The first-order valence-electron chi connectivity index (χ1n) is 8.39. The molecule has 0 saturated carbocycles. The molecule has 1 atom stereocenters. The minimum atomic E-state index is -0.523. The monoisotopic (exact) mass is 368 g/mol. The van der Waals surface area contributed by atoms with Gasteiger partial charge in [0.25, 0.3) is 5.91 Å². The first kappa shape index (κ1) is 18.3. The number of benzene rings is 1. The standard InChI is InChI=1S/C21H21FN2OS/c1-14(2)11-21(3,12-15-4-6-17(22)7-5-15)24-20(25)16-10-19-18(23-13-16)8-9-26-19/h4-10,13H,1,11-12H2,2-3H3,(H,24,25). The molecule has 1 amide bonds. The number of rotatable bonds is 6. The largest absolute Gasteiger partial charge is 0.346 e. The molecule has 26 heavy (non-hydrogen) atoms. The molecule has 0 fully saturated rings. The van der Waals surface area contributed by atoms with E-state index >= 15 is 0 Å². The van der Waals surface area contributed by atoms with Gasteiger partial charge in [-0.1, -0.05) is 17.7 Å². The number of hydrogen-bond donors (Lipinski definition) is 1. The van der Waals surface area contributed by atoms with Gasteiger partial charge in [0.1, 0.15) is 5.82 Å². The van der Waals surface area contributed by atoms with Gasteiger partial charge in [-0.25, -0.2) is 4.39 Å². The number of carbonyl (C=O) groups excluding carboxylic acids is 1. The third kappa shape index (κ3) is 4.35. The first-order valence-corrected chi connectivity index (χ1v) is 9.27. The zero-order valence-electron chi connectivity index (χ0n) is 14.9. The number of amides is 1. The molecule has 1 unspecified atom stereocenters. The van der Waals surface area contributed by atoms with E-state index in [0.717, 1.165) is 21.4 Å². The maximum Gasteiger partial charge on any atom is 0.253 e. The predicted molar refractivity (Wildman–Crippen MR) is 105 cm³/mol. The van der Waals surface area contributed by atoms with Crippen LogP contribution in [0, 0.1) is 5.82 Å². The number of hydrogen-bond acceptors (Lipinski definition) is 3. The number of aromatic nitrogens is 1. The third-order valence-electron chi connectivity index (χ3n) is 4.18. The molecule has 3 rings (SSSR count). The average molecular weight is 368 g/mol. The SMILES string of the molecule is C=C(C)CC(C)(Cc1ccc(F)cc1)NC(=O)c1cnc2ccsc2c1. The summed E-state index contributed by atoms with van der Waals surface area (Å²) in [4.78, 5) is 17.2. The molecule has 3 aromatic rings. The van der Waals surface area contributed by atoms with E-state index < -0.39 is 5.54 Å². The molecule has 0 bridgehead atoms. The van der Waals surface area contributed by atoms with Gasteiger partial charge in [-0.3, -0.25) is 9.78 Å². The fourth-order valence-electron chi connectivity index (χ4n) is 3.19. The minimum Gasteiger partial charge on any atom is -0.346 e. The van der Waals surface area contributed by atoms with Crippen LogP contribution >= 0.6 is 11.3 Å². The van der Waals surface area contributed by atoms with Crippen LogP contribution in [0.3, 0.4) is 0 Å². The molecule has 2 heterocycles. The van der Waals surface area contributed by atoms with E-state index in [9.17, 15) is 9.18 Å². The molecule has 0 spiro atoms. The molecule has 2 aromatic heterocycles. The predicted octanol–water partition coefficient (Wildman–Crippen LogP) is 5.13. The molecule has 134 valence electrons. The lowest BCUT2D eigenvalue weighted by Crippen LogP contribution is -2.48. The lowest BCUT2D eigenvalue weighted by atomic mass is 9.86. The van der Waals surface area contributed by atoms with E-state index in [1.165, 1.54) is 12.1 Å². The molecule has 5 heteroatoms. The Bertz CT molecular complexity index is 948. The number of nitrogens with zero attached hydrogens (tertiary/aromatic N) is 1. The highest BCUT2D eigenvalue weighted by Gasteiger charge is 2.27. The van der Waals surface area contributed by atoms with Gasteiger partial charge < -0.3 is 5.32 Å². The van der Waals surface area contributed by atoms with Gasteiger partial charge in [0.15, 0.2) is 0 Å². The molecule has 0 aliphatic heterocycles. The quantitative estimate of drug-likeness (QED) is 0.613. The second-order valence-corrected chi connectivity index (χ2v) is 7.93. The number of carbonyl (C=O) groups is 1. The average Bonchev–Trinajstić information content (AvgIpc) is 3.03. The second kappa shape index (κ2) is 7.38. The topological polar surface area (TPSA) is 42.0 Å². The molecule has 0 radical (unpaired) electrons. The summed E-state index contributed by atoms with van der Waals surface area (Å²) < 4.78 is 14.2. The van der Waals surface area contributed by atoms with Crippen LogP contribution in [0.25, 0.3) is 10.2 Å². The van der Waals surface area contributed by atoms with Crippen LogP contribution in [0.5, 0.6) is 0 Å². The van der Waals surface area contributed by atoms with E-state index in [1.54, 1.807) is 29.7 Å². The van der Waals surface area contributed by atoms with Gasteiger partial charge >= 0.3 is 0 Å². The van der Waals surface area contributed by atoms with Crippen molar-refractivity contribution in [1.82, 2.24) is 10.3 Å². The molecular formula is C21H21FN2OS. The van der Waals surface area contributed by atoms with Crippen molar-refractivity contribution in [3.05, 3.63) is 77.1 Å². The Hall–Kier alpha value is -2.53. The zero-order valence-corrected chi connectivity index (χ0v) is 15.7. The summed E-state index contributed by atoms with van der Waals surface area (Å²) in [6.07, 6.45) is 2.81. The lowest BCUT2D eigenvalue weighted by molar-refractivity contribution is 0.0905. The highest BCUT2D eigenvalue weighted by atomic mass is 32.1. The van der Waals surface area contributed by atoms with Crippen LogP contribution in [0.2, 0.25) is 0 Å². The Balaban J connectivity index is 1.83. The summed E-state index contributed by atoms with van der Waals surface area (Å²) in [6, 6.07) is 10.2. The summed E-state index contributed by atoms with van der Waals surface area (Å²) in [5, 5.41) is 5.09. The third-order valence-corrected chi connectivity index (χ3v) is 5.03. The number of pyridine rings is 1. The van der Waals surface area contributed by atoms with Crippen molar-refractivity contribution in [3.8, 4) is 0 Å². The molecule has 0 saturated heterocycles. The van der Waals surface area contributed by atoms with E-state index in [1.807, 2.05) is 31.4 Å². The van der Waals surface area contributed by atoms with Crippen molar-refractivity contribution in [3.63, 3.8) is 0 Å². The van der Waals surface area contributed by atoms with Gasteiger partial charge in [0, 0.05) is 11.7 Å². The maximum atomic E-state index is 13.2. The number of halogens is 1. The Morgan fingerprint density at radius 1 is 1.31 bits per heavy atom. The Kier molecular flexibility index (Phi) is 5.18. The van der Waals surface area contributed by atoms with Crippen molar-refractivity contribution in [2.24, 2.45) is 0 Å². The van der Waals surface area contributed by atoms with Crippen LogP contribution < -0.4 is 5.32 Å². The van der Waals surface area contributed by atoms with Gasteiger partial charge in [-0.2, -0.15) is 0 Å². The van der Waals surface area contributed by atoms with E-state index in [-0.39, 0.29) is 11.7 Å². The molecule has 3 nitrogen and oxygen atoms in total. The number of fused-ring (bicyclic) bond motifs is 1. The van der Waals surface area contributed by atoms with Crippen LogP contribution in [0.1, 0.15) is 36.2 Å². The summed E-state index contributed by atoms with van der Waals surface area (Å²) in [7, 11) is 0. The first-order chi connectivity index (χ1) is 12.3. The Labute approximate surface area is 156 Å². The highest BCUT2D eigenvalue weighted by molar-refractivity contribution is 7.17. The number of thiophene rings is 1. The molecular weight excluding hydrogens is 347 g/mol. The fourth-order valence-corrected chi connectivity index (χ4v) is 3.97. The summed E-state index contributed by atoms with van der Waals surface area (Å²) >= 11 is 1.56. The Morgan fingerprint density at radius 2 is 2.04 bits per heavy atom. The summed E-state index contributed by atoms with van der Waals surface area (Å²) in [6.45, 7) is 7.91. The normalized spacial score (nSPS) is 13.3. The highest BCUT2D eigenvalue weighted by Crippen LogP contribution is 2.23. The lowest BCUT2D eigenvalue weighted by Gasteiger charge is -2.31. The van der Waals surface area contributed by atoms with Gasteiger partial charge in [0.2, 0.25) is 0 Å². The zero-order chi connectivity index (χ0) is 18.7. The smallest absolute Gasteiger partial charge is 0.253 e. The van der Waals surface area contributed by atoms with E-state index in [2.05, 4.69) is 16.9 Å². The Morgan fingerprint density at radius 3 is 2.73 bits per heavy atom. The van der Waals surface area contributed by atoms with Crippen LogP contribution in [0.4, 0.5) is 4.39 Å². The van der Waals surface area contributed by atoms with Gasteiger partial charge in [-0.05, 0) is 61.9 Å². The van der Waals surface area contributed by atoms with Gasteiger partial charge in [-0.15, -0.1) is 17.9 Å².